The largest absolute Gasteiger partial charge is 0.489 e. The number of anilines is 1. The number of nitrogens with zero attached hydrogens (tertiary/aromatic N) is 5. The van der Waals surface area contributed by atoms with Gasteiger partial charge in [0.05, 0.1) is 11.8 Å². The van der Waals surface area contributed by atoms with Gasteiger partial charge in [0, 0.05) is 80.7 Å². The first-order valence-corrected chi connectivity index (χ1v) is 16.4. The molecule has 9 nitrogen and oxygen atoms in total. The van der Waals surface area contributed by atoms with Gasteiger partial charge in [0.25, 0.3) is 11.5 Å². The third-order valence-electron chi connectivity index (χ3n) is 8.70. The number of piperazine rings is 2. The van der Waals surface area contributed by atoms with Crippen molar-refractivity contribution in [2.24, 2.45) is 0 Å². The average molecular weight is 644 g/mol. The van der Waals surface area contributed by atoms with Gasteiger partial charge in [0.1, 0.15) is 11.5 Å². The van der Waals surface area contributed by atoms with Crippen LogP contribution in [0.4, 0.5) is 5.69 Å². The van der Waals surface area contributed by atoms with Gasteiger partial charge in [-0.3, -0.25) is 19.1 Å². The summed E-state index contributed by atoms with van der Waals surface area (Å²) in [6.07, 6.45) is -0.0427. The van der Waals surface area contributed by atoms with Crippen molar-refractivity contribution < 1.29 is 14.3 Å². The summed E-state index contributed by atoms with van der Waals surface area (Å²) in [6, 6.07) is 23.1. The normalized spacial score (nSPS) is 16.3. The number of hydrogen-bond donors (Lipinski definition) is 0. The second-order valence-electron chi connectivity index (χ2n) is 12.4. The Balaban J connectivity index is 1.25. The minimum atomic E-state index is -0.0588. The van der Waals surface area contributed by atoms with Crippen LogP contribution in [0.25, 0.3) is 16.5 Å². The summed E-state index contributed by atoms with van der Waals surface area (Å²) in [7, 11) is 2.14. The molecule has 0 unspecified atom stereocenters. The van der Waals surface area contributed by atoms with Crippen molar-refractivity contribution in [3.8, 4) is 17.2 Å². The van der Waals surface area contributed by atoms with Crippen molar-refractivity contribution in [1.29, 1.82) is 0 Å². The van der Waals surface area contributed by atoms with E-state index in [1.54, 1.807) is 24.3 Å². The van der Waals surface area contributed by atoms with E-state index in [0.717, 1.165) is 48.6 Å². The van der Waals surface area contributed by atoms with Crippen molar-refractivity contribution in [3.05, 3.63) is 93.9 Å². The number of aromatic nitrogens is 1. The third kappa shape index (κ3) is 7.33. The highest BCUT2D eigenvalue weighted by molar-refractivity contribution is 6.30. The van der Waals surface area contributed by atoms with E-state index in [4.69, 9.17) is 21.1 Å². The van der Waals surface area contributed by atoms with Crippen LogP contribution in [0.1, 0.15) is 19.5 Å². The monoisotopic (exact) mass is 643 g/mol. The van der Waals surface area contributed by atoms with Crippen molar-refractivity contribution in [2.45, 2.75) is 26.5 Å². The topological polar surface area (TPSA) is 70.5 Å². The molecule has 2 fully saturated rings. The van der Waals surface area contributed by atoms with Crippen LogP contribution in [0.15, 0.2) is 77.6 Å². The molecule has 3 aromatic carbocycles. The fraction of sp³-hybridized carbons (Fsp3) is 0.389. The Morgan fingerprint density at radius 2 is 1.59 bits per heavy atom. The van der Waals surface area contributed by atoms with E-state index in [9.17, 15) is 9.59 Å². The maximum Gasteiger partial charge on any atom is 0.263 e. The standard InChI is InChI=1S/C36H42ClN5O4/c1-26(2)46-34-7-5-4-6-33(34)42-30(22-27-8-11-29(23-32(27)36(42)44)40-18-14-38(3)15-19-40)24-39-16-20-41(21-17-39)35(43)25-45-31-12-9-28(37)10-13-31/h4-13,22-23,26H,14-21,24-25H2,1-3H3. The predicted molar refractivity (Wildman–Crippen MR) is 184 cm³/mol. The summed E-state index contributed by atoms with van der Waals surface area (Å²) in [5.74, 6) is 1.24. The molecule has 0 saturated carbocycles. The van der Waals surface area contributed by atoms with Crippen LogP contribution in [0.3, 0.4) is 0 Å². The number of ether oxygens (including phenoxy) is 2. The molecule has 2 aliphatic heterocycles. The number of pyridine rings is 1. The fourth-order valence-corrected chi connectivity index (χ4v) is 6.27. The summed E-state index contributed by atoms with van der Waals surface area (Å²) in [4.78, 5) is 36.2. The van der Waals surface area contributed by atoms with E-state index in [1.807, 2.05) is 53.6 Å². The number of carbonyl (C=O) groups is 1. The molecule has 0 radical (unpaired) electrons. The number of likely N-dealkylation sites (N-methyl/N-ethyl adjacent to an activating group) is 1. The quantitative estimate of drug-likeness (QED) is 0.257. The number of benzene rings is 3. The molecule has 4 aromatic rings. The molecule has 2 aliphatic rings. The second-order valence-corrected chi connectivity index (χ2v) is 12.8. The summed E-state index contributed by atoms with van der Waals surface area (Å²) < 4.78 is 13.7. The first-order valence-electron chi connectivity index (χ1n) is 16.0. The van der Waals surface area contributed by atoms with Crippen LogP contribution in [-0.2, 0) is 11.3 Å². The van der Waals surface area contributed by atoms with Crippen molar-refractivity contribution >= 4 is 34.0 Å². The number of hydrogen-bond acceptors (Lipinski definition) is 7. The Labute approximate surface area is 275 Å². The fourth-order valence-electron chi connectivity index (χ4n) is 6.14. The number of amides is 1. The van der Waals surface area contributed by atoms with E-state index in [1.165, 1.54) is 0 Å². The third-order valence-corrected chi connectivity index (χ3v) is 8.96. The minimum absolute atomic E-state index is 0.0192. The van der Waals surface area contributed by atoms with Gasteiger partial charge >= 0.3 is 0 Å². The number of carbonyl (C=O) groups excluding carboxylic acids is 1. The molecule has 6 rings (SSSR count). The molecular formula is C36H42ClN5O4. The Hall–Kier alpha value is -4.05. The van der Waals surface area contributed by atoms with E-state index in [0.29, 0.717) is 54.6 Å². The van der Waals surface area contributed by atoms with Crippen molar-refractivity contribution in [3.63, 3.8) is 0 Å². The van der Waals surface area contributed by atoms with E-state index in [2.05, 4.69) is 39.9 Å². The number of para-hydroxylation sites is 2. The SMILES string of the molecule is CC(C)Oc1ccccc1-n1c(CN2CCN(C(=O)COc3ccc(Cl)cc3)CC2)cc2ccc(N3CCN(C)CC3)cc2c1=O. The Bertz CT molecular complexity index is 1730. The molecule has 3 heterocycles. The van der Waals surface area contributed by atoms with Crippen LogP contribution in [0.2, 0.25) is 5.02 Å². The summed E-state index contributed by atoms with van der Waals surface area (Å²) in [5.41, 5.74) is 2.63. The van der Waals surface area contributed by atoms with Gasteiger partial charge in [-0.15, -0.1) is 0 Å². The van der Waals surface area contributed by atoms with E-state index in [-0.39, 0.29) is 24.2 Å². The Morgan fingerprint density at radius 3 is 2.30 bits per heavy atom. The first-order chi connectivity index (χ1) is 22.2. The highest BCUT2D eigenvalue weighted by atomic mass is 35.5. The molecule has 0 atom stereocenters. The molecule has 0 bridgehead atoms. The van der Waals surface area contributed by atoms with Gasteiger partial charge < -0.3 is 24.2 Å². The van der Waals surface area contributed by atoms with Gasteiger partial charge in [-0.2, -0.15) is 0 Å². The Kier molecular flexibility index (Phi) is 9.82. The lowest BCUT2D eigenvalue weighted by Crippen LogP contribution is -2.49. The van der Waals surface area contributed by atoms with E-state index < -0.39 is 0 Å². The van der Waals surface area contributed by atoms with Crippen LogP contribution >= 0.6 is 11.6 Å². The smallest absolute Gasteiger partial charge is 0.263 e. The minimum Gasteiger partial charge on any atom is -0.489 e. The van der Waals surface area contributed by atoms with Crippen LogP contribution in [0.5, 0.6) is 11.5 Å². The average Bonchev–Trinajstić information content (AvgIpc) is 3.05. The predicted octanol–water partition coefficient (Wildman–Crippen LogP) is 4.91. The van der Waals surface area contributed by atoms with Gasteiger partial charge in [0.2, 0.25) is 0 Å². The lowest BCUT2D eigenvalue weighted by atomic mass is 10.1. The molecule has 0 N–H and O–H groups in total. The molecule has 10 heteroatoms. The summed E-state index contributed by atoms with van der Waals surface area (Å²) in [5, 5.41) is 2.23. The molecule has 0 spiro atoms. The molecule has 1 aromatic heterocycles. The highest BCUT2D eigenvalue weighted by Gasteiger charge is 2.24. The Morgan fingerprint density at radius 1 is 0.870 bits per heavy atom. The zero-order valence-electron chi connectivity index (χ0n) is 26.8. The molecule has 242 valence electrons. The molecule has 46 heavy (non-hydrogen) atoms. The van der Waals surface area contributed by atoms with E-state index >= 15 is 0 Å². The number of halogens is 1. The van der Waals surface area contributed by atoms with Crippen LogP contribution in [0, 0.1) is 0 Å². The maximum atomic E-state index is 14.5. The molecule has 2 saturated heterocycles. The zero-order valence-corrected chi connectivity index (χ0v) is 27.6. The van der Waals surface area contributed by atoms with Gasteiger partial charge in [-0.1, -0.05) is 29.8 Å². The van der Waals surface area contributed by atoms with Gasteiger partial charge in [0.15, 0.2) is 6.61 Å². The summed E-state index contributed by atoms with van der Waals surface area (Å²) >= 11 is 5.95. The lowest BCUT2D eigenvalue weighted by Gasteiger charge is -2.35. The summed E-state index contributed by atoms with van der Waals surface area (Å²) in [6.45, 7) is 10.9. The van der Waals surface area contributed by atoms with Crippen molar-refractivity contribution in [1.82, 2.24) is 19.3 Å². The van der Waals surface area contributed by atoms with Gasteiger partial charge in [-0.05, 0) is 80.9 Å². The first kappa shape index (κ1) is 31.9. The molecule has 1 amide bonds. The van der Waals surface area contributed by atoms with Gasteiger partial charge in [-0.25, -0.2) is 0 Å². The lowest BCUT2D eigenvalue weighted by molar-refractivity contribution is -0.135. The second kappa shape index (κ2) is 14.2. The van der Waals surface area contributed by atoms with Crippen molar-refractivity contribution in [2.75, 3.05) is 70.9 Å². The highest BCUT2D eigenvalue weighted by Crippen LogP contribution is 2.28. The van der Waals surface area contributed by atoms with Crippen LogP contribution < -0.4 is 19.9 Å². The maximum absolute atomic E-state index is 14.5. The number of rotatable bonds is 9. The zero-order chi connectivity index (χ0) is 32.2. The van der Waals surface area contributed by atoms with Crippen LogP contribution in [-0.4, -0.2) is 97.3 Å². The molecule has 0 aliphatic carbocycles. The number of fused-ring (bicyclic) bond motifs is 1. The molecular weight excluding hydrogens is 602 g/mol.